The van der Waals surface area contributed by atoms with Crippen LogP contribution >= 0.6 is 0 Å². The molecular formula is C38H47N3O2. The highest BCUT2D eigenvalue weighted by Gasteiger charge is 2.15. The van der Waals surface area contributed by atoms with Crippen molar-refractivity contribution in [3.05, 3.63) is 120 Å². The van der Waals surface area contributed by atoms with Crippen LogP contribution in [-0.2, 0) is 17.8 Å². The molecule has 226 valence electrons. The van der Waals surface area contributed by atoms with Crippen LogP contribution in [0.1, 0.15) is 51.2 Å². The lowest BCUT2D eigenvalue weighted by molar-refractivity contribution is 0.0527. The van der Waals surface area contributed by atoms with Crippen LogP contribution < -0.4 is 10.6 Å². The van der Waals surface area contributed by atoms with Gasteiger partial charge in [0.15, 0.2) is 0 Å². The summed E-state index contributed by atoms with van der Waals surface area (Å²) in [5.74, 6) is 0. The molecule has 0 aromatic heterocycles. The number of amides is 1. The van der Waals surface area contributed by atoms with E-state index in [2.05, 4.69) is 125 Å². The molecule has 2 N–H and O–H groups in total. The predicted molar refractivity (Wildman–Crippen MR) is 179 cm³/mol. The molecule has 43 heavy (non-hydrogen) atoms. The molecule has 0 bridgehead atoms. The maximum atomic E-state index is 11.8. The summed E-state index contributed by atoms with van der Waals surface area (Å²) in [6.07, 6.45) is 2.66. The van der Waals surface area contributed by atoms with Gasteiger partial charge in [0, 0.05) is 26.2 Å². The van der Waals surface area contributed by atoms with Gasteiger partial charge in [0.1, 0.15) is 5.60 Å². The molecule has 0 fully saturated rings. The number of alkyl carbamates (subject to hydrolysis) is 1. The van der Waals surface area contributed by atoms with E-state index in [1.54, 1.807) is 0 Å². The first-order chi connectivity index (χ1) is 20.9. The zero-order valence-corrected chi connectivity index (χ0v) is 26.0. The van der Waals surface area contributed by atoms with Crippen LogP contribution in [0.15, 0.2) is 109 Å². The van der Waals surface area contributed by atoms with E-state index in [-0.39, 0.29) is 6.09 Å². The molecule has 0 aliphatic carbocycles. The zero-order chi connectivity index (χ0) is 30.3. The Morgan fingerprint density at radius 2 is 1.12 bits per heavy atom. The van der Waals surface area contributed by atoms with Gasteiger partial charge in [-0.05, 0) is 98.6 Å². The van der Waals surface area contributed by atoms with E-state index in [0.29, 0.717) is 6.54 Å². The monoisotopic (exact) mass is 577 g/mol. The lowest BCUT2D eigenvalue weighted by Gasteiger charge is -2.23. The smallest absolute Gasteiger partial charge is 0.407 e. The van der Waals surface area contributed by atoms with Gasteiger partial charge in [-0.1, -0.05) is 97.1 Å². The molecule has 0 aliphatic heterocycles. The lowest BCUT2D eigenvalue weighted by Crippen LogP contribution is -2.33. The van der Waals surface area contributed by atoms with Crippen molar-refractivity contribution >= 4 is 6.09 Å². The van der Waals surface area contributed by atoms with E-state index in [9.17, 15) is 4.79 Å². The Labute approximate surface area is 258 Å². The molecule has 1 amide bonds. The Morgan fingerprint density at radius 3 is 1.65 bits per heavy atom. The summed E-state index contributed by atoms with van der Waals surface area (Å²) >= 11 is 0. The van der Waals surface area contributed by atoms with Gasteiger partial charge in [0.25, 0.3) is 0 Å². The summed E-state index contributed by atoms with van der Waals surface area (Å²) in [7, 11) is 0. The molecule has 4 rings (SSSR count). The number of hydrogen-bond acceptors (Lipinski definition) is 4. The van der Waals surface area contributed by atoms with E-state index in [0.717, 1.165) is 52.0 Å². The van der Waals surface area contributed by atoms with Crippen LogP contribution in [0.25, 0.3) is 22.3 Å². The molecule has 0 atom stereocenters. The molecule has 0 saturated carbocycles. The average Bonchev–Trinajstić information content (AvgIpc) is 3.00. The lowest BCUT2D eigenvalue weighted by atomic mass is 10.0. The van der Waals surface area contributed by atoms with Crippen LogP contribution in [-0.4, -0.2) is 42.8 Å². The van der Waals surface area contributed by atoms with Gasteiger partial charge in [-0.15, -0.1) is 0 Å². The minimum Gasteiger partial charge on any atom is -0.444 e. The number of benzene rings is 4. The number of nitrogens with one attached hydrogen (secondary N) is 2. The maximum Gasteiger partial charge on any atom is 0.407 e. The largest absolute Gasteiger partial charge is 0.444 e. The molecule has 5 nitrogen and oxygen atoms in total. The molecule has 5 heteroatoms. The number of ether oxygens (including phenoxy) is 1. The standard InChI is InChI=1S/C38H47N3O2/c1-38(2,3)43-37(42)40-25-11-10-23-39-24-14-26-41(29-31-15-12-21-35(27-31)33-17-6-4-7-18-33)30-32-16-13-22-36(28-32)34-19-8-5-9-20-34/h4-9,12-13,15-22,27-28,39H,10-11,14,23-26,29-30H2,1-3H3,(H,40,42). The van der Waals surface area contributed by atoms with E-state index in [4.69, 9.17) is 4.74 Å². The first-order valence-corrected chi connectivity index (χ1v) is 15.5. The van der Waals surface area contributed by atoms with Crippen LogP contribution in [0.3, 0.4) is 0 Å². The Bertz CT molecular complexity index is 1300. The third kappa shape index (κ3) is 11.7. The van der Waals surface area contributed by atoms with Crippen molar-refractivity contribution in [3.8, 4) is 22.3 Å². The first-order valence-electron chi connectivity index (χ1n) is 15.5. The van der Waals surface area contributed by atoms with Crippen molar-refractivity contribution in [1.82, 2.24) is 15.5 Å². The second-order valence-corrected chi connectivity index (χ2v) is 12.1. The molecule has 4 aromatic rings. The molecular weight excluding hydrogens is 530 g/mol. The second kappa shape index (κ2) is 16.6. The second-order valence-electron chi connectivity index (χ2n) is 12.1. The van der Waals surface area contributed by atoms with Crippen LogP contribution in [0.5, 0.6) is 0 Å². The van der Waals surface area contributed by atoms with Gasteiger partial charge in [-0.3, -0.25) is 4.90 Å². The van der Waals surface area contributed by atoms with Crippen molar-refractivity contribution < 1.29 is 9.53 Å². The number of hydrogen-bond donors (Lipinski definition) is 2. The van der Waals surface area contributed by atoms with E-state index in [1.165, 1.54) is 33.4 Å². The normalized spacial score (nSPS) is 11.4. The quantitative estimate of drug-likeness (QED) is 0.140. The SMILES string of the molecule is CC(C)(C)OC(=O)NCCCCNCCCN(Cc1cccc(-c2ccccc2)c1)Cc1cccc(-c2ccccc2)c1. The number of nitrogens with zero attached hydrogens (tertiary/aromatic N) is 1. The van der Waals surface area contributed by atoms with Gasteiger partial charge in [0.2, 0.25) is 0 Å². The average molecular weight is 578 g/mol. The number of carbonyl (C=O) groups is 1. The Balaban J connectivity index is 1.30. The summed E-state index contributed by atoms with van der Waals surface area (Å²) in [5.41, 5.74) is 7.19. The number of carbonyl (C=O) groups excluding carboxylic acids is 1. The van der Waals surface area contributed by atoms with Gasteiger partial charge in [-0.2, -0.15) is 0 Å². The van der Waals surface area contributed by atoms with E-state index in [1.807, 2.05) is 20.8 Å². The van der Waals surface area contributed by atoms with Gasteiger partial charge >= 0.3 is 6.09 Å². The van der Waals surface area contributed by atoms with Gasteiger partial charge in [-0.25, -0.2) is 4.79 Å². The highest BCUT2D eigenvalue weighted by molar-refractivity contribution is 5.67. The van der Waals surface area contributed by atoms with Crippen molar-refractivity contribution in [3.63, 3.8) is 0 Å². The number of unbranched alkanes of at least 4 members (excludes halogenated alkanes) is 1. The highest BCUT2D eigenvalue weighted by atomic mass is 16.6. The first kappa shape index (κ1) is 32.0. The third-order valence-corrected chi connectivity index (χ3v) is 7.16. The Kier molecular flexibility index (Phi) is 12.4. The molecule has 0 aliphatic rings. The zero-order valence-electron chi connectivity index (χ0n) is 26.0. The van der Waals surface area contributed by atoms with Gasteiger partial charge in [0.05, 0.1) is 0 Å². The summed E-state index contributed by atoms with van der Waals surface area (Å²) in [5, 5.41) is 6.42. The third-order valence-electron chi connectivity index (χ3n) is 7.16. The minimum absolute atomic E-state index is 0.343. The topological polar surface area (TPSA) is 53.6 Å². The summed E-state index contributed by atoms with van der Waals surface area (Å²) < 4.78 is 5.29. The Morgan fingerprint density at radius 1 is 0.628 bits per heavy atom. The fraction of sp³-hybridized carbons (Fsp3) is 0.342. The molecule has 0 radical (unpaired) electrons. The van der Waals surface area contributed by atoms with Crippen LogP contribution in [0.4, 0.5) is 4.79 Å². The maximum absolute atomic E-state index is 11.8. The summed E-state index contributed by atoms with van der Waals surface area (Å²) in [6, 6.07) is 39.1. The van der Waals surface area contributed by atoms with Crippen LogP contribution in [0.2, 0.25) is 0 Å². The highest BCUT2D eigenvalue weighted by Crippen LogP contribution is 2.23. The van der Waals surface area contributed by atoms with Crippen molar-refractivity contribution in [2.45, 2.75) is 58.7 Å². The minimum atomic E-state index is -0.463. The molecule has 0 heterocycles. The predicted octanol–water partition coefficient (Wildman–Crippen LogP) is 8.31. The molecule has 0 unspecified atom stereocenters. The van der Waals surface area contributed by atoms with Crippen LogP contribution in [0, 0.1) is 0 Å². The van der Waals surface area contributed by atoms with Crippen molar-refractivity contribution in [2.75, 3.05) is 26.2 Å². The molecule has 0 spiro atoms. The summed E-state index contributed by atoms with van der Waals surface area (Å²) in [6.45, 7) is 11.0. The summed E-state index contributed by atoms with van der Waals surface area (Å²) in [4.78, 5) is 14.3. The molecule has 4 aromatic carbocycles. The number of rotatable bonds is 15. The fourth-order valence-corrected chi connectivity index (χ4v) is 5.12. The Hall–Kier alpha value is -3.93. The molecule has 0 saturated heterocycles. The fourth-order valence-electron chi connectivity index (χ4n) is 5.12. The van der Waals surface area contributed by atoms with E-state index < -0.39 is 5.60 Å². The van der Waals surface area contributed by atoms with E-state index >= 15 is 0 Å². The van der Waals surface area contributed by atoms with Crippen molar-refractivity contribution in [2.24, 2.45) is 0 Å². The van der Waals surface area contributed by atoms with Crippen molar-refractivity contribution in [1.29, 1.82) is 0 Å². The van der Waals surface area contributed by atoms with Gasteiger partial charge < -0.3 is 15.4 Å².